The third-order valence-electron chi connectivity index (χ3n) is 5.36. The van der Waals surface area contributed by atoms with Crippen molar-refractivity contribution in [3.8, 4) is 0 Å². The van der Waals surface area contributed by atoms with Crippen LogP contribution in [0.15, 0.2) is 40.8 Å². The topological polar surface area (TPSA) is 104 Å². The van der Waals surface area contributed by atoms with Gasteiger partial charge in [0.1, 0.15) is 11.5 Å². The number of hydrogen-bond donors (Lipinski definition) is 4. The molecule has 0 unspecified atom stereocenters. The van der Waals surface area contributed by atoms with Gasteiger partial charge >= 0.3 is 12.2 Å². The smallest absolute Gasteiger partial charge is 0.424 e. The van der Waals surface area contributed by atoms with E-state index in [1.165, 1.54) is 13.0 Å². The molecule has 7 nitrogen and oxygen atoms in total. The summed E-state index contributed by atoms with van der Waals surface area (Å²) >= 11 is 0. The Morgan fingerprint density at radius 2 is 1.81 bits per heavy atom. The van der Waals surface area contributed by atoms with Gasteiger partial charge < -0.3 is 25.5 Å². The molecule has 1 aromatic carbocycles. The van der Waals surface area contributed by atoms with E-state index < -0.39 is 42.6 Å². The van der Waals surface area contributed by atoms with Gasteiger partial charge in [-0.3, -0.25) is 4.79 Å². The normalized spacial score (nSPS) is 16.7. The lowest BCUT2D eigenvalue weighted by atomic mass is 9.96. The Morgan fingerprint density at radius 3 is 2.34 bits per heavy atom. The highest BCUT2D eigenvalue weighted by molar-refractivity contribution is 5.94. The van der Waals surface area contributed by atoms with Gasteiger partial charge in [-0.25, -0.2) is 4.79 Å². The molecule has 1 heterocycles. The Hall–Kier alpha value is -3.01. The molecular formula is C22H26F3N3O4. The van der Waals surface area contributed by atoms with E-state index in [0.717, 1.165) is 24.5 Å². The molecule has 2 atom stereocenters. The molecule has 2 aromatic rings. The maximum absolute atomic E-state index is 13.4. The second kappa shape index (κ2) is 9.23. The van der Waals surface area contributed by atoms with E-state index in [2.05, 4.69) is 16.0 Å². The van der Waals surface area contributed by atoms with Crippen LogP contribution >= 0.6 is 0 Å². The number of rotatable bonds is 8. The maximum Gasteiger partial charge on any atom is 0.424 e. The third kappa shape index (κ3) is 5.61. The summed E-state index contributed by atoms with van der Waals surface area (Å²) in [5.41, 5.74) is -1.80. The molecule has 1 aliphatic rings. The highest BCUT2D eigenvalue weighted by atomic mass is 19.4. The van der Waals surface area contributed by atoms with E-state index in [0.29, 0.717) is 5.69 Å². The van der Waals surface area contributed by atoms with E-state index in [1.54, 1.807) is 31.2 Å². The molecule has 174 valence electrons. The molecule has 32 heavy (non-hydrogen) atoms. The first-order chi connectivity index (χ1) is 15.0. The molecule has 3 rings (SSSR count). The number of benzene rings is 1. The van der Waals surface area contributed by atoms with Crippen LogP contribution in [0.25, 0.3) is 0 Å². The standard InChI is InChI=1S/C22H26F3N3O4/c1-13-3-10-18(32-13)21(31,22(23,24)25)11-12-26-20(30)27-14(2)15-6-8-17(9-7-15)28-19(29)16-4-5-16/h3,6-10,14,16,31H,4-5,11-12H2,1-2H3,(H,28,29)(H2,26,27,30)/t14-,21+/m0/s1. The SMILES string of the molecule is Cc1ccc([C@](O)(CCNC(=O)N[C@@H](C)c2ccc(NC(=O)C3CC3)cc2)C(F)(F)F)o1. The Kier molecular flexibility index (Phi) is 6.82. The molecule has 1 aromatic heterocycles. The molecule has 0 saturated heterocycles. The number of aryl methyl sites for hydroxylation is 1. The quantitative estimate of drug-likeness (QED) is 0.482. The number of anilines is 1. The van der Waals surface area contributed by atoms with Crippen LogP contribution in [-0.2, 0) is 10.4 Å². The largest absolute Gasteiger partial charge is 0.463 e. The number of amides is 3. The number of aliphatic hydroxyl groups is 1. The van der Waals surface area contributed by atoms with Gasteiger partial charge in [-0.05, 0) is 56.5 Å². The van der Waals surface area contributed by atoms with Crippen LogP contribution in [0, 0.1) is 12.8 Å². The first-order valence-electron chi connectivity index (χ1n) is 10.3. The number of carbonyl (C=O) groups is 2. The zero-order valence-electron chi connectivity index (χ0n) is 17.8. The fraction of sp³-hybridized carbons (Fsp3) is 0.455. The second-order valence-electron chi connectivity index (χ2n) is 8.03. The highest BCUT2D eigenvalue weighted by Gasteiger charge is 2.56. The van der Waals surface area contributed by atoms with Gasteiger partial charge in [-0.2, -0.15) is 13.2 Å². The Balaban J connectivity index is 1.50. The molecule has 0 aliphatic heterocycles. The predicted molar refractivity (Wildman–Crippen MR) is 111 cm³/mol. The first kappa shape index (κ1) is 23.6. The van der Waals surface area contributed by atoms with Crippen LogP contribution in [0.4, 0.5) is 23.7 Å². The van der Waals surface area contributed by atoms with Crippen molar-refractivity contribution in [3.05, 3.63) is 53.5 Å². The average Bonchev–Trinajstić information content (AvgIpc) is 3.48. The molecular weight excluding hydrogens is 427 g/mol. The summed E-state index contributed by atoms with van der Waals surface area (Å²) in [6.45, 7) is 2.76. The highest BCUT2D eigenvalue weighted by Crippen LogP contribution is 2.42. The van der Waals surface area contributed by atoms with E-state index in [-0.39, 0.29) is 17.6 Å². The Morgan fingerprint density at radius 1 is 1.16 bits per heavy atom. The van der Waals surface area contributed by atoms with Gasteiger partial charge in [-0.1, -0.05) is 12.1 Å². The van der Waals surface area contributed by atoms with Crippen molar-refractivity contribution in [2.24, 2.45) is 5.92 Å². The summed E-state index contributed by atoms with van der Waals surface area (Å²) in [5, 5.41) is 18.0. The van der Waals surface area contributed by atoms with E-state index in [4.69, 9.17) is 4.42 Å². The minimum atomic E-state index is -4.97. The van der Waals surface area contributed by atoms with Crippen molar-refractivity contribution in [1.82, 2.24) is 10.6 Å². The first-order valence-corrected chi connectivity index (χ1v) is 10.3. The van der Waals surface area contributed by atoms with Crippen molar-refractivity contribution in [2.45, 2.75) is 50.9 Å². The fourth-order valence-corrected chi connectivity index (χ4v) is 3.19. The minimum Gasteiger partial charge on any atom is -0.463 e. The van der Waals surface area contributed by atoms with E-state index in [1.807, 2.05) is 0 Å². The predicted octanol–water partition coefficient (Wildman–Crippen LogP) is 4.14. The molecule has 4 N–H and O–H groups in total. The monoisotopic (exact) mass is 453 g/mol. The lowest BCUT2D eigenvalue weighted by Gasteiger charge is -2.28. The number of urea groups is 1. The van der Waals surface area contributed by atoms with Crippen LogP contribution in [0.5, 0.6) is 0 Å². The average molecular weight is 453 g/mol. The van der Waals surface area contributed by atoms with E-state index >= 15 is 0 Å². The minimum absolute atomic E-state index is 0.00757. The zero-order chi connectivity index (χ0) is 23.5. The van der Waals surface area contributed by atoms with Crippen molar-refractivity contribution < 1.29 is 32.3 Å². The number of halogens is 3. The number of furan rings is 1. The number of carbonyl (C=O) groups excluding carboxylic acids is 2. The van der Waals surface area contributed by atoms with Crippen LogP contribution < -0.4 is 16.0 Å². The van der Waals surface area contributed by atoms with Gasteiger partial charge in [0, 0.05) is 24.6 Å². The van der Waals surface area contributed by atoms with Crippen LogP contribution in [0.3, 0.4) is 0 Å². The maximum atomic E-state index is 13.4. The van der Waals surface area contributed by atoms with Crippen LogP contribution in [0.1, 0.15) is 49.3 Å². The molecule has 1 saturated carbocycles. The molecule has 0 bridgehead atoms. The lowest BCUT2D eigenvalue weighted by molar-refractivity contribution is -0.274. The van der Waals surface area contributed by atoms with Gasteiger partial charge in [0.2, 0.25) is 11.5 Å². The molecule has 10 heteroatoms. The number of alkyl halides is 3. The fourth-order valence-electron chi connectivity index (χ4n) is 3.19. The molecule has 0 radical (unpaired) electrons. The molecule has 3 amide bonds. The summed E-state index contributed by atoms with van der Waals surface area (Å²) in [4.78, 5) is 23.9. The van der Waals surface area contributed by atoms with Gasteiger partial charge in [0.25, 0.3) is 0 Å². The number of hydrogen-bond acceptors (Lipinski definition) is 4. The summed E-state index contributed by atoms with van der Waals surface area (Å²) in [6.07, 6.45) is -3.97. The summed E-state index contributed by atoms with van der Waals surface area (Å²) in [6, 6.07) is 8.23. The second-order valence-corrected chi connectivity index (χ2v) is 8.03. The van der Waals surface area contributed by atoms with Crippen molar-refractivity contribution >= 4 is 17.6 Å². The molecule has 0 spiro atoms. The van der Waals surface area contributed by atoms with Gasteiger partial charge in [0.15, 0.2) is 0 Å². The Bertz CT molecular complexity index is 954. The van der Waals surface area contributed by atoms with Gasteiger partial charge in [0.05, 0.1) is 6.04 Å². The van der Waals surface area contributed by atoms with E-state index in [9.17, 15) is 27.9 Å². The lowest BCUT2D eigenvalue weighted by Crippen LogP contribution is -2.46. The zero-order valence-corrected chi connectivity index (χ0v) is 17.8. The number of nitrogens with one attached hydrogen (secondary N) is 3. The van der Waals surface area contributed by atoms with Crippen LogP contribution in [0.2, 0.25) is 0 Å². The third-order valence-corrected chi connectivity index (χ3v) is 5.36. The van der Waals surface area contributed by atoms with Gasteiger partial charge in [-0.15, -0.1) is 0 Å². The molecule has 1 fully saturated rings. The summed E-state index contributed by atoms with van der Waals surface area (Å²) < 4.78 is 45.3. The van der Waals surface area contributed by atoms with Crippen molar-refractivity contribution in [3.63, 3.8) is 0 Å². The van der Waals surface area contributed by atoms with Crippen LogP contribution in [-0.4, -0.2) is 29.8 Å². The van der Waals surface area contributed by atoms with Crippen molar-refractivity contribution in [1.29, 1.82) is 0 Å². The van der Waals surface area contributed by atoms with Crippen molar-refractivity contribution in [2.75, 3.05) is 11.9 Å². The summed E-state index contributed by atoms with van der Waals surface area (Å²) in [7, 11) is 0. The summed E-state index contributed by atoms with van der Waals surface area (Å²) in [5.74, 6) is -0.301. The molecule has 1 aliphatic carbocycles. The Labute approximate surface area is 183 Å².